The standard InChI is InChI=1S/C19H16BClN2/c1-11(2)22-19(23-12(3)21)15-5-4-13-8-14-6-7-16(20)10-18(14)17(13)9-15/h4-7,9-10H,3,8H2,1-2H3. The normalized spacial score (nSPS) is 12.6. The van der Waals surface area contributed by atoms with E-state index in [2.05, 4.69) is 34.8 Å². The highest BCUT2D eigenvalue weighted by atomic mass is 35.5. The van der Waals surface area contributed by atoms with Crippen molar-refractivity contribution in [1.29, 1.82) is 0 Å². The van der Waals surface area contributed by atoms with E-state index in [1.165, 1.54) is 22.3 Å². The van der Waals surface area contributed by atoms with E-state index in [0.717, 1.165) is 23.2 Å². The Kier molecular flexibility index (Phi) is 4.23. The Morgan fingerprint density at radius 2 is 1.70 bits per heavy atom. The molecule has 0 heterocycles. The molecule has 0 aromatic heterocycles. The smallest absolute Gasteiger partial charge is 0.160 e. The van der Waals surface area contributed by atoms with E-state index in [-0.39, 0.29) is 5.16 Å². The van der Waals surface area contributed by atoms with Crippen LogP contribution in [0.4, 0.5) is 0 Å². The lowest BCUT2D eigenvalue weighted by Crippen LogP contribution is -2.02. The van der Waals surface area contributed by atoms with Crippen molar-refractivity contribution in [1.82, 2.24) is 0 Å². The molecule has 0 unspecified atom stereocenters. The summed E-state index contributed by atoms with van der Waals surface area (Å²) in [5.41, 5.74) is 7.54. The van der Waals surface area contributed by atoms with E-state index in [0.29, 0.717) is 5.84 Å². The maximum atomic E-state index is 5.94. The van der Waals surface area contributed by atoms with E-state index in [4.69, 9.17) is 19.4 Å². The lowest BCUT2D eigenvalue weighted by molar-refractivity contribution is 1.26. The molecule has 2 aromatic carbocycles. The summed E-state index contributed by atoms with van der Waals surface area (Å²) in [5.74, 6) is 0.574. The highest BCUT2D eigenvalue weighted by Crippen LogP contribution is 2.36. The summed E-state index contributed by atoms with van der Waals surface area (Å²) in [5, 5.41) is 0.218. The van der Waals surface area contributed by atoms with Gasteiger partial charge in [-0.25, -0.2) is 9.98 Å². The van der Waals surface area contributed by atoms with E-state index in [1.807, 2.05) is 32.0 Å². The monoisotopic (exact) mass is 318 g/mol. The van der Waals surface area contributed by atoms with Gasteiger partial charge in [0.05, 0.1) is 0 Å². The van der Waals surface area contributed by atoms with E-state index in [1.54, 1.807) is 0 Å². The zero-order valence-electron chi connectivity index (χ0n) is 13.2. The fraction of sp³-hybridized carbons (Fsp3) is 0.158. The van der Waals surface area contributed by atoms with Crippen LogP contribution in [-0.2, 0) is 6.42 Å². The summed E-state index contributed by atoms with van der Waals surface area (Å²) in [6.45, 7) is 7.49. The predicted molar refractivity (Wildman–Crippen MR) is 100 cm³/mol. The minimum absolute atomic E-state index is 0.218. The Morgan fingerprint density at radius 3 is 2.35 bits per heavy atom. The molecule has 0 N–H and O–H groups in total. The van der Waals surface area contributed by atoms with Gasteiger partial charge in [0.2, 0.25) is 0 Å². The number of hydrogen-bond donors (Lipinski definition) is 0. The summed E-state index contributed by atoms with van der Waals surface area (Å²) in [6.07, 6.45) is 0.927. The first kappa shape index (κ1) is 15.8. The molecule has 1 aliphatic carbocycles. The van der Waals surface area contributed by atoms with Gasteiger partial charge in [-0.1, -0.05) is 54.0 Å². The van der Waals surface area contributed by atoms with E-state index < -0.39 is 0 Å². The van der Waals surface area contributed by atoms with Crippen molar-refractivity contribution in [3.8, 4) is 11.1 Å². The first-order chi connectivity index (χ1) is 10.9. The van der Waals surface area contributed by atoms with Gasteiger partial charge in [-0.05, 0) is 48.6 Å². The maximum absolute atomic E-state index is 5.94. The summed E-state index contributed by atoms with van der Waals surface area (Å²) in [6, 6.07) is 12.3. The second-order valence-corrected chi connectivity index (χ2v) is 6.27. The lowest BCUT2D eigenvalue weighted by atomic mass is 9.91. The fourth-order valence-corrected chi connectivity index (χ4v) is 2.89. The lowest BCUT2D eigenvalue weighted by Gasteiger charge is -2.07. The molecule has 0 aliphatic heterocycles. The van der Waals surface area contributed by atoms with Crippen LogP contribution in [0.3, 0.4) is 0 Å². The predicted octanol–water partition coefficient (Wildman–Crippen LogP) is 3.99. The third-order valence-electron chi connectivity index (χ3n) is 3.73. The minimum Gasteiger partial charge on any atom is -0.238 e. The average Bonchev–Trinajstić information content (AvgIpc) is 2.82. The number of rotatable bonds is 2. The molecule has 0 saturated heterocycles. The van der Waals surface area contributed by atoms with Crippen LogP contribution >= 0.6 is 11.6 Å². The molecule has 0 amide bonds. The number of amidine groups is 1. The van der Waals surface area contributed by atoms with E-state index in [9.17, 15) is 0 Å². The second-order valence-electron chi connectivity index (χ2n) is 5.84. The van der Waals surface area contributed by atoms with Gasteiger partial charge < -0.3 is 0 Å². The molecule has 0 saturated carbocycles. The molecule has 4 heteroatoms. The molecule has 2 nitrogen and oxygen atoms in total. The van der Waals surface area contributed by atoms with Crippen molar-refractivity contribution < 1.29 is 0 Å². The van der Waals surface area contributed by atoms with Gasteiger partial charge in [0.25, 0.3) is 0 Å². The molecule has 23 heavy (non-hydrogen) atoms. The molecule has 0 fully saturated rings. The van der Waals surface area contributed by atoms with Crippen LogP contribution in [0.2, 0.25) is 0 Å². The molecule has 3 rings (SSSR count). The highest BCUT2D eigenvalue weighted by Gasteiger charge is 2.19. The SMILES string of the molecule is [B]c1ccc2c(c1)-c1cc(C(N=C(C)C)=NC(=C)Cl)ccc1C2. The molecule has 2 aromatic rings. The fourth-order valence-electron chi connectivity index (χ4n) is 2.81. The van der Waals surface area contributed by atoms with Gasteiger partial charge in [0.15, 0.2) is 5.84 Å². The Labute approximate surface area is 143 Å². The van der Waals surface area contributed by atoms with Gasteiger partial charge in [0, 0.05) is 11.3 Å². The van der Waals surface area contributed by atoms with Gasteiger partial charge >= 0.3 is 0 Å². The molecule has 112 valence electrons. The van der Waals surface area contributed by atoms with Crippen LogP contribution in [-0.4, -0.2) is 19.4 Å². The number of fused-ring (bicyclic) bond motifs is 3. The van der Waals surface area contributed by atoms with Gasteiger partial charge in [-0.2, -0.15) is 0 Å². The summed E-state index contributed by atoms with van der Waals surface area (Å²) < 4.78 is 0. The second kappa shape index (κ2) is 6.17. The third kappa shape index (κ3) is 3.30. The molecular formula is C19H16BClN2. The topological polar surface area (TPSA) is 24.7 Å². The summed E-state index contributed by atoms with van der Waals surface area (Å²) in [4.78, 5) is 8.74. The zero-order chi connectivity index (χ0) is 16.6. The number of hydrogen-bond acceptors (Lipinski definition) is 1. The van der Waals surface area contributed by atoms with Crippen LogP contribution in [0, 0.1) is 0 Å². The Hall–Kier alpha value is -2.13. The average molecular weight is 319 g/mol. The quantitative estimate of drug-likeness (QED) is 0.295. The van der Waals surface area contributed by atoms with Crippen LogP contribution in [0.15, 0.2) is 58.1 Å². The summed E-state index contributed by atoms with van der Waals surface area (Å²) in [7, 11) is 5.94. The van der Waals surface area contributed by atoms with Crippen molar-refractivity contribution in [3.63, 3.8) is 0 Å². The van der Waals surface area contributed by atoms with Gasteiger partial charge in [-0.3, -0.25) is 0 Å². The van der Waals surface area contributed by atoms with Crippen molar-refractivity contribution >= 4 is 36.5 Å². The molecule has 0 spiro atoms. The number of aliphatic imine (C=N–C) groups is 2. The van der Waals surface area contributed by atoms with Gasteiger partial charge in [-0.15, -0.1) is 0 Å². The largest absolute Gasteiger partial charge is 0.238 e. The van der Waals surface area contributed by atoms with Crippen LogP contribution in [0.5, 0.6) is 0 Å². The Balaban J connectivity index is 2.13. The third-order valence-corrected chi connectivity index (χ3v) is 3.81. The van der Waals surface area contributed by atoms with Crippen molar-refractivity contribution in [2.45, 2.75) is 20.3 Å². The molecule has 1 aliphatic rings. The first-order valence-electron chi connectivity index (χ1n) is 7.41. The molecular weight excluding hydrogens is 302 g/mol. The Morgan fingerprint density at radius 1 is 1.04 bits per heavy atom. The van der Waals surface area contributed by atoms with Crippen LogP contribution in [0.1, 0.15) is 30.5 Å². The first-order valence-corrected chi connectivity index (χ1v) is 7.79. The number of nitrogens with zero attached hydrogens (tertiary/aromatic N) is 2. The van der Waals surface area contributed by atoms with Crippen molar-refractivity contribution in [2.75, 3.05) is 0 Å². The van der Waals surface area contributed by atoms with E-state index >= 15 is 0 Å². The highest BCUT2D eigenvalue weighted by molar-refractivity contribution is 6.32. The van der Waals surface area contributed by atoms with Crippen LogP contribution < -0.4 is 5.46 Å². The summed E-state index contributed by atoms with van der Waals surface area (Å²) >= 11 is 5.86. The Bertz CT molecular complexity index is 862. The molecule has 2 radical (unpaired) electrons. The maximum Gasteiger partial charge on any atom is 0.160 e. The number of benzene rings is 2. The molecule has 0 atom stereocenters. The van der Waals surface area contributed by atoms with Crippen LogP contribution in [0.25, 0.3) is 11.1 Å². The minimum atomic E-state index is 0.218. The van der Waals surface area contributed by atoms with Gasteiger partial charge in [0.1, 0.15) is 13.0 Å². The van der Waals surface area contributed by atoms with Crippen molar-refractivity contribution in [3.05, 3.63) is 64.8 Å². The van der Waals surface area contributed by atoms with Crippen molar-refractivity contribution in [2.24, 2.45) is 9.98 Å². The number of halogens is 1. The molecule has 0 bridgehead atoms. The zero-order valence-corrected chi connectivity index (χ0v) is 14.0.